The fraction of sp³-hybridized carbons (Fsp3) is 0.385. The topological polar surface area (TPSA) is 49.4 Å². The Labute approximate surface area is 125 Å². The lowest BCUT2D eigenvalue weighted by Gasteiger charge is -2.33. The Morgan fingerprint density at radius 2 is 2.21 bits per heavy atom. The van der Waals surface area contributed by atoms with Gasteiger partial charge in [-0.05, 0) is 24.1 Å². The van der Waals surface area contributed by atoms with E-state index >= 15 is 0 Å². The number of nitrogens with one attached hydrogen (secondary N) is 1. The quantitative estimate of drug-likeness (QED) is 0.856. The minimum absolute atomic E-state index is 0.219. The van der Waals surface area contributed by atoms with E-state index in [1.165, 1.54) is 0 Å². The second kappa shape index (κ2) is 6.03. The van der Waals surface area contributed by atoms with E-state index in [-0.39, 0.29) is 24.4 Å². The van der Waals surface area contributed by atoms with Crippen molar-refractivity contribution in [2.24, 2.45) is 0 Å². The number of benzene rings is 1. The van der Waals surface area contributed by atoms with E-state index in [0.29, 0.717) is 18.0 Å². The maximum absolute atomic E-state index is 11.8. The summed E-state index contributed by atoms with van der Waals surface area (Å²) in [5.74, 6) is -0.491. The van der Waals surface area contributed by atoms with E-state index in [0.717, 1.165) is 10.0 Å². The van der Waals surface area contributed by atoms with Crippen molar-refractivity contribution in [2.75, 3.05) is 6.54 Å². The van der Waals surface area contributed by atoms with Crippen molar-refractivity contribution in [3.05, 3.63) is 33.3 Å². The highest BCUT2D eigenvalue weighted by Crippen LogP contribution is 2.24. The molecule has 1 aromatic carbocycles. The van der Waals surface area contributed by atoms with Crippen molar-refractivity contribution < 1.29 is 9.59 Å². The molecule has 1 heterocycles. The van der Waals surface area contributed by atoms with Crippen molar-refractivity contribution in [2.45, 2.75) is 25.9 Å². The molecule has 2 amide bonds. The molecule has 0 radical (unpaired) electrons. The van der Waals surface area contributed by atoms with Crippen molar-refractivity contribution in [1.29, 1.82) is 0 Å². The number of hydrogen-bond acceptors (Lipinski definition) is 3. The minimum atomic E-state index is -0.280. The van der Waals surface area contributed by atoms with E-state index < -0.39 is 0 Å². The average Bonchev–Trinajstić information content (AvgIpc) is 2.32. The van der Waals surface area contributed by atoms with Crippen LogP contribution in [0.2, 0.25) is 5.02 Å². The highest BCUT2D eigenvalue weighted by molar-refractivity contribution is 9.10. The Morgan fingerprint density at radius 1 is 1.47 bits per heavy atom. The molecule has 1 aliphatic heterocycles. The van der Waals surface area contributed by atoms with Gasteiger partial charge in [0.1, 0.15) is 0 Å². The van der Waals surface area contributed by atoms with E-state index in [4.69, 9.17) is 11.6 Å². The predicted molar refractivity (Wildman–Crippen MR) is 76.8 cm³/mol. The molecule has 2 rings (SSSR count). The fourth-order valence-electron chi connectivity index (χ4n) is 2.20. The van der Waals surface area contributed by atoms with Gasteiger partial charge in [0, 0.05) is 16.0 Å². The van der Waals surface area contributed by atoms with Gasteiger partial charge in [0.15, 0.2) is 0 Å². The lowest BCUT2D eigenvalue weighted by atomic mass is 10.1. The van der Waals surface area contributed by atoms with Gasteiger partial charge in [-0.1, -0.05) is 40.5 Å². The number of halogens is 2. The highest BCUT2D eigenvalue weighted by Gasteiger charge is 2.32. The van der Waals surface area contributed by atoms with Crippen LogP contribution in [-0.2, 0) is 16.1 Å². The summed E-state index contributed by atoms with van der Waals surface area (Å²) in [7, 11) is 0. The molecule has 1 atom stereocenters. The van der Waals surface area contributed by atoms with Crippen LogP contribution >= 0.6 is 27.5 Å². The zero-order chi connectivity index (χ0) is 14.0. The van der Waals surface area contributed by atoms with Gasteiger partial charge >= 0.3 is 0 Å². The Hall–Kier alpha value is -0.910. The van der Waals surface area contributed by atoms with Gasteiger partial charge < -0.3 is 0 Å². The zero-order valence-corrected chi connectivity index (χ0v) is 12.8. The van der Waals surface area contributed by atoms with Crippen LogP contribution in [0.3, 0.4) is 0 Å². The largest absolute Gasteiger partial charge is 0.294 e. The maximum Gasteiger partial charge on any atom is 0.243 e. The van der Waals surface area contributed by atoms with Crippen LogP contribution in [0.4, 0.5) is 0 Å². The lowest BCUT2D eigenvalue weighted by molar-refractivity contribution is -0.140. The van der Waals surface area contributed by atoms with Gasteiger partial charge in [-0.15, -0.1) is 0 Å². The summed E-state index contributed by atoms with van der Waals surface area (Å²) in [6, 6.07) is 5.32. The number of rotatable bonds is 3. The summed E-state index contributed by atoms with van der Waals surface area (Å²) >= 11 is 9.52. The first-order chi connectivity index (χ1) is 9.01. The van der Waals surface area contributed by atoms with Crippen LogP contribution in [0.15, 0.2) is 22.7 Å². The van der Waals surface area contributed by atoms with E-state index in [2.05, 4.69) is 21.2 Å². The SMILES string of the molecule is CCC1C(=O)NC(=O)CN1Cc1ccc(Br)cc1Cl. The summed E-state index contributed by atoms with van der Waals surface area (Å²) in [5, 5.41) is 2.99. The van der Waals surface area contributed by atoms with E-state index in [9.17, 15) is 9.59 Å². The number of piperazine rings is 1. The second-order valence-electron chi connectivity index (χ2n) is 4.48. The third-order valence-corrected chi connectivity index (χ3v) is 3.97. The molecule has 0 aliphatic carbocycles. The van der Waals surface area contributed by atoms with Crippen molar-refractivity contribution >= 4 is 39.3 Å². The molecule has 4 nitrogen and oxygen atoms in total. The van der Waals surface area contributed by atoms with Crippen LogP contribution in [0, 0.1) is 0 Å². The van der Waals surface area contributed by atoms with Crippen LogP contribution in [0.1, 0.15) is 18.9 Å². The number of nitrogens with zero attached hydrogens (tertiary/aromatic N) is 1. The standard InChI is InChI=1S/C13H14BrClN2O2/c1-2-11-13(19)16-12(18)7-17(11)6-8-3-4-9(14)5-10(8)15/h3-5,11H,2,6-7H2,1H3,(H,16,18,19). The highest BCUT2D eigenvalue weighted by atomic mass is 79.9. The van der Waals surface area contributed by atoms with Gasteiger partial charge in [0.25, 0.3) is 0 Å². The van der Waals surface area contributed by atoms with Crippen LogP contribution < -0.4 is 5.32 Å². The summed E-state index contributed by atoms with van der Waals surface area (Å²) in [5.41, 5.74) is 0.908. The minimum Gasteiger partial charge on any atom is -0.294 e. The van der Waals surface area contributed by atoms with Crippen LogP contribution in [-0.4, -0.2) is 29.3 Å². The monoisotopic (exact) mass is 344 g/mol. The van der Waals surface area contributed by atoms with Gasteiger partial charge in [0.2, 0.25) is 11.8 Å². The molecule has 102 valence electrons. The first-order valence-electron chi connectivity index (χ1n) is 6.03. The van der Waals surface area contributed by atoms with Gasteiger partial charge in [-0.3, -0.25) is 19.8 Å². The number of carbonyl (C=O) groups excluding carboxylic acids is 2. The van der Waals surface area contributed by atoms with E-state index in [1.807, 2.05) is 30.0 Å². The first kappa shape index (κ1) is 14.5. The van der Waals surface area contributed by atoms with Gasteiger partial charge in [-0.2, -0.15) is 0 Å². The molecule has 1 unspecified atom stereocenters. The van der Waals surface area contributed by atoms with Crippen molar-refractivity contribution in [1.82, 2.24) is 10.2 Å². The average molecular weight is 346 g/mol. The molecular formula is C13H14BrClN2O2. The molecule has 1 saturated heterocycles. The van der Waals surface area contributed by atoms with Crippen LogP contribution in [0.25, 0.3) is 0 Å². The van der Waals surface area contributed by atoms with Gasteiger partial charge in [-0.25, -0.2) is 0 Å². The fourth-order valence-corrected chi connectivity index (χ4v) is 2.93. The molecule has 0 spiro atoms. The van der Waals surface area contributed by atoms with E-state index in [1.54, 1.807) is 0 Å². The molecule has 6 heteroatoms. The predicted octanol–water partition coefficient (Wildman–Crippen LogP) is 2.34. The smallest absolute Gasteiger partial charge is 0.243 e. The normalized spacial score (nSPS) is 20.5. The second-order valence-corrected chi connectivity index (χ2v) is 5.80. The molecule has 19 heavy (non-hydrogen) atoms. The Bertz CT molecular complexity index is 521. The first-order valence-corrected chi connectivity index (χ1v) is 7.20. The molecule has 1 aliphatic rings. The van der Waals surface area contributed by atoms with Crippen LogP contribution in [0.5, 0.6) is 0 Å². The van der Waals surface area contributed by atoms with Crippen molar-refractivity contribution in [3.8, 4) is 0 Å². The molecule has 0 saturated carbocycles. The molecule has 0 aromatic heterocycles. The lowest BCUT2D eigenvalue weighted by Crippen LogP contribution is -2.57. The van der Waals surface area contributed by atoms with Crippen molar-refractivity contribution in [3.63, 3.8) is 0 Å². The summed E-state index contributed by atoms with van der Waals surface area (Å²) < 4.78 is 0.903. The molecular weight excluding hydrogens is 332 g/mol. The number of imide groups is 1. The molecule has 1 N–H and O–H groups in total. The molecule has 0 bridgehead atoms. The third-order valence-electron chi connectivity index (χ3n) is 3.13. The summed E-state index contributed by atoms with van der Waals surface area (Å²) in [6.45, 7) is 2.64. The number of hydrogen-bond donors (Lipinski definition) is 1. The number of carbonyl (C=O) groups is 2. The molecule has 1 fully saturated rings. The zero-order valence-electron chi connectivity index (χ0n) is 10.5. The number of amides is 2. The third kappa shape index (κ3) is 3.35. The summed E-state index contributed by atoms with van der Waals surface area (Å²) in [6.07, 6.45) is 0.660. The Balaban J connectivity index is 2.20. The van der Waals surface area contributed by atoms with Gasteiger partial charge in [0.05, 0.1) is 12.6 Å². The summed E-state index contributed by atoms with van der Waals surface area (Å²) in [4.78, 5) is 25.1. The maximum atomic E-state index is 11.8. The Morgan fingerprint density at radius 3 is 2.84 bits per heavy atom. The Kier molecular flexibility index (Phi) is 4.60. The molecule has 1 aromatic rings.